The predicted molar refractivity (Wildman–Crippen MR) is 109 cm³/mol. The normalized spacial score (nSPS) is 29.6. The molecule has 0 aliphatic carbocycles. The Labute approximate surface area is 167 Å². The maximum atomic E-state index is 13.1. The average Bonchev–Trinajstić information content (AvgIpc) is 3.18. The number of halogens is 1. The number of carbonyl (C=O) groups is 2. The van der Waals surface area contributed by atoms with Crippen LogP contribution in [0.15, 0.2) is 18.2 Å². The molecule has 6 heteroatoms. The molecule has 0 spiro atoms. The molecule has 3 saturated heterocycles. The van der Waals surface area contributed by atoms with Gasteiger partial charge in [-0.05, 0) is 56.7 Å². The van der Waals surface area contributed by atoms with Gasteiger partial charge in [0.1, 0.15) is 0 Å². The second-order valence-electron chi connectivity index (χ2n) is 8.34. The molecule has 3 aliphatic rings. The first-order chi connectivity index (χ1) is 12.4. The molecule has 0 saturated carbocycles. The molecule has 3 unspecified atom stereocenters. The molecular weight excluding hydrogens is 362 g/mol. The Kier molecular flexibility index (Phi) is 5.82. The van der Waals surface area contributed by atoms with Crippen molar-refractivity contribution in [3.05, 3.63) is 29.3 Å². The van der Waals surface area contributed by atoms with Crippen molar-refractivity contribution in [2.75, 3.05) is 18.5 Å². The number of nitrogens with one attached hydrogen (secondary N) is 1. The van der Waals surface area contributed by atoms with Crippen LogP contribution in [-0.4, -0.2) is 48.4 Å². The number of hydrogen-bond donors (Lipinski definition) is 1. The molecule has 2 bridgehead atoms. The van der Waals surface area contributed by atoms with Crippen LogP contribution >= 0.6 is 12.4 Å². The molecule has 148 valence electrons. The first-order valence-electron chi connectivity index (χ1n) is 9.83. The number of nitrogens with zero attached hydrogens (tertiary/aromatic N) is 2. The van der Waals surface area contributed by atoms with Gasteiger partial charge in [0.2, 0.25) is 11.8 Å². The summed E-state index contributed by atoms with van der Waals surface area (Å²) in [6, 6.07) is 7.46. The molecule has 3 aliphatic heterocycles. The van der Waals surface area contributed by atoms with Crippen molar-refractivity contribution in [3.8, 4) is 0 Å². The molecule has 1 N–H and O–H groups in total. The fraction of sp³-hybridized carbons (Fsp3) is 0.619. The molecular formula is C21H30ClN3O2. The number of piperidine rings is 1. The van der Waals surface area contributed by atoms with Crippen LogP contribution in [0.2, 0.25) is 0 Å². The van der Waals surface area contributed by atoms with Crippen LogP contribution in [0.25, 0.3) is 0 Å². The average molecular weight is 392 g/mol. The lowest BCUT2D eigenvalue weighted by molar-refractivity contribution is -0.137. The van der Waals surface area contributed by atoms with Crippen LogP contribution in [0.1, 0.15) is 43.2 Å². The second-order valence-corrected chi connectivity index (χ2v) is 8.34. The zero-order chi connectivity index (χ0) is 18.4. The zero-order valence-electron chi connectivity index (χ0n) is 16.4. The van der Waals surface area contributed by atoms with Gasteiger partial charge in [0.15, 0.2) is 0 Å². The van der Waals surface area contributed by atoms with Gasteiger partial charge in [-0.25, -0.2) is 0 Å². The summed E-state index contributed by atoms with van der Waals surface area (Å²) in [5.74, 6) is -0.0202. The first-order valence-corrected chi connectivity index (χ1v) is 9.83. The molecule has 3 heterocycles. The maximum absolute atomic E-state index is 13.1. The van der Waals surface area contributed by atoms with E-state index >= 15 is 0 Å². The highest BCUT2D eigenvalue weighted by Gasteiger charge is 2.41. The van der Waals surface area contributed by atoms with E-state index in [1.807, 2.05) is 35.9 Å². The molecule has 1 aromatic rings. The summed E-state index contributed by atoms with van der Waals surface area (Å²) >= 11 is 0. The largest absolute Gasteiger partial charge is 0.342 e. The third kappa shape index (κ3) is 3.72. The molecule has 3 fully saturated rings. The topological polar surface area (TPSA) is 52.7 Å². The lowest BCUT2D eigenvalue weighted by atomic mass is 9.97. The van der Waals surface area contributed by atoms with E-state index in [4.69, 9.17) is 0 Å². The van der Waals surface area contributed by atoms with E-state index in [0.717, 1.165) is 24.1 Å². The summed E-state index contributed by atoms with van der Waals surface area (Å²) in [4.78, 5) is 29.4. The summed E-state index contributed by atoms with van der Waals surface area (Å²) < 4.78 is 0. The Morgan fingerprint density at radius 2 is 1.85 bits per heavy atom. The Morgan fingerprint density at radius 3 is 2.52 bits per heavy atom. The SMILES string of the molecule is Cc1cccc(N2CC(C(=O)N(C)C3CC4CCC(C3)N4)CC2=O)c1C.Cl. The van der Waals surface area contributed by atoms with Crippen LogP contribution in [0.5, 0.6) is 0 Å². The lowest BCUT2D eigenvalue weighted by Gasteiger charge is -2.36. The molecule has 1 aromatic carbocycles. The summed E-state index contributed by atoms with van der Waals surface area (Å²) in [5, 5.41) is 3.63. The molecule has 4 rings (SSSR count). The Balaban J connectivity index is 0.00000210. The van der Waals surface area contributed by atoms with Crippen molar-refractivity contribution in [2.24, 2.45) is 5.92 Å². The number of aryl methyl sites for hydroxylation is 1. The lowest BCUT2D eigenvalue weighted by Crippen LogP contribution is -2.50. The van der Waals surface area contributed by atoms with E-state index in [1.165, 1.54) is 18.4 Å². The number of benzene rings is 1. The van der Waals surface area contributed by atoms with Crippen molar-refractivity contribution in [2.45, 2.75) is 64.1 Å². The summed E-state index contributed by atoms with van der Waals surface area (Å²) in [6.07, 6.45) is 4.87. The van der Waals surface area contributed by atoms with E-state index in [1.54, 1.807) is 0 Å². The van der Waals surface area contributed by atoms with Crippen molar-refractivity contribution < 1.29 is 9.59 Å². The third-order valence-electron chi connectivity index (χ3n) is 6.68. The van der Waals surface area contributed by atoms with Gasteiger partial charge in [0.05, 0.1) is 5.92 Å². The molecule has 2 amide bonds. The molecule has 27 heavy (non-hydrogen) atoms. The van der Waals surface area contributed by atoms with E-state index in [0.29, 0.717) is 31.1 Å². The third-order valence-corrected chi connectivity index (χ3v) is 6.68. The quantitative estimate of drug-likeness (QED) is 0.862. The van der Waals surface area contributed by atoms with Gasteiger partial charge in [0, 0.05) is 43.8 Å². The van der Waals surface area contributed by atoms with Gasteiger partial charge < -0.3 is 15.1 Å². The number of fused-ring (bicyclic) bond motifs is 2. The fourth-order valence-corrected chi connectivity index (χ4v) is 4.95. The minimum atomic E-state index is -0.222. The fourth-order valence-electron chi connectivity index (χ4n) is 4.95. The number of amides is 2. The Hall–Kier alpha value is -1.59. The second kappa shape index (κ2) is 7.80. The van der Waals surface area contributed by atoms with Crippen molar-refractivity contribution in [3.63, 3.8) is 0 Å². The van der Waals surface area contributed by atoms with Crippen molar-refractivity contribution >= 4 is 29.9 Å². The first kappa shape index (κ1) is 20.2. The Bertz CT molecular complexity index is 726. The van der Waals surface area contributed by atoms with Gasteiger partial charge >= 0.3 is 0 Å². The smallest absolute Gasteiger partial charge is 0.228 e. The van der Waals surface area contributed by atoms with Crippen LogP contribution in [0, 0.1) is 19.8 Å². The van der Waals surface area contributed by atoms with Gasteiger partial charge in [-0.2, -0.15) is 0 Å². The zero-order valence-corrected chi connectivity index (χ0v) is 17.2. The van der Waals surface area contributed by atoms with E-state index in [-0.39, 0.29) is 30.1 Å². The highest BCUT2D eigenvalue weighted by atomic mass is 35.5. The standard InChI is InChI=1S/C21H29N3O2.ClH/c1-13-5-4-6-19(14(13)2)24-12-15(9-20(24)25)21(26)23(3)18-10-16-7-8-17(11-18)22-16;/h4-6,15-18,22H,7-12H2,1-3H3;1H. The number of anilines is 1. The molecule has 3 atom stereocenters. The van der Waals surface area contributed by atoms with Gasteiger partial charge in [-0.1, -0.05) is 12.1 Å². The van der Waals surface area contributed by atoms with Gasteiger partial charge in [-0.15, -0.1) is 12.4 Å². The number of carbonyl (C=O) groups excluding carboxylic acids is 2. The van der Waals surface area contributed by atoms with Crippen LogP contribution in [0.3, 0.4) is 0 Å². The summed E-state index contributed by atoms with van der Waals surface area (Å²) in [7, 11) is 1.93. The monoisotopic (exact) mass is 391 g/mol. The van der Waals surface area contributed by atoms with Gasteiger partial charge in [0.25, 0.3) is 0 Å². The van der Waals surface area contributed by atoms with Crippen LogP contribution < -0.4 is 10.2 Å². The van der Waals surface area contributed by atoms with E-state index < -0.39 is 0 Å². The van der Waals surface area contributed by atoms with Crippen LogP contribution in [0.4, 0.5) is 5.69 Å². The maximum Gasteiger partial charge on any atom is 0.228 e. The molecule has 0 radical (unpaired) electrons. The molecule has 0 aromatic heterocycles. The van der Waals surface area contributed by atoms with Crippen molar-refractivity contribution in [1.29, 1.82) is 0 Å². The van der Waals surface area contributed by atoms with E-state index in [2.05, 4.69) is 18.3 Å². The van der Waals surface area contributed by atoms with Gasteiger partial charge in [-0.3, -0.25) is 9.59 Å². The minimum absolute atomic E-state index is 0. The highest BCUT2D eigenvalue weighted by Crippen LogP contribution is 2.33. The van der Waals surface area contributed by atoms with E-state index in [9.17, 15) is 9.59 Å². The number of rotatable bonds is 3. The van der Waals surface area contributed by atoms with Crippen LogP contribution in [-0.2, 0) is 9.59 Å². The summed E-state index contributed by atoms with van der Waals surface area (Å²) in [5.41, 5.74) is 3.25. The predicted octanol–water partition coefficient (Wildman–Crippen LogP) is 2.82. The Morgan fingerprint density at radius 1 is 1.19 bits per heavy atom. The minimum Gasteiger partial charge on any atom is -0.342 e. The van der Waals surface area contributed by atoms with Crippen molar-refractivity contribution in [1.82, 2.24) is 10.2 Å². The number of hydrogen-bond acceptors (Lipinski definition) is 3. The highest BCUT2D eigenvalue weighted by molar-refractivity contribution is 6.01. The molecule has 5 nitrogen and oxygen atoms in total. The summed E-state index contributed by atoms with van der Waals surface area (Å²) in [6.45, 7) is 4.61.